The molecule has 3 rings (SSSR count). The van der Waals surface area contributed by atoms with Crippen molar-refractivity contribution >= 4 is 11.6 Å². The Morgan fingerprint density at radius 2 is 1.68 bits per heavy atom. The summed E-state index contributed by atoms with van der Waals surface area (Å²) in [4.78, 5) is 13.8. The molecule has 0 radical (unpaired) electrons. The molecule has 2 atom stereocenters. The van der Waals surface area contributed by atoms with Gasteiger partial charge in [-0.1, -0.05) is 48.5 Å². The van der Waals surface area contributed by atoms with Crippen molar-refractivity contribution in [3.8, 4) is 0 Å². The van der Waals surface area contributed by atoms with Crippen molar-refractivity contribution in [1.82, 2.24) is 0 Å². The molecule has 2 aromatic rings. The number of morpholine rings is 1. The molecule has 2 N–H and O–H groups in total. The fourth-order valence-corrected chi connectivity index (χ4v) is 3.57. The van der Waals surface area contributed by atoms with Gasteiger partial charge in [-0.15, -0.1) is 0 Å². The Bertz CT molecular complexity index is 692. The number of carbonyl (C=O) groups is 1. The third kappa shape index (κ3) is 5.15. The predicted octanol–water partition coefficient (Wildman–Crippen LogP) is 1.91. The smallest absolute Gasteiger partial charge is 0.279 e. The van der Waals surface area contributed by atoms with Gasteiger partial charge in [0.1, 0.15) is 25.3 Å². The highest BCUT2D eigenvalue weighted by Gasteiger charge is 2.27. The molecule has 1 heterocycles. The van der Waals surface area contributed by atoms with Crippen LogP contribution in [-0.4, -0.2) is 37.7 Å². The first kappa shape index (κ1) is 17.6. The van der Waals surface area contributed by atoms with Crippen LogP contribution in [0, 0.1) is 0 Å². The lowest BCUT2D eigenvalue weighted by Gasteiger charge is -2.32. The van der Waals surface area contributed by atoms with Crippen molar-refractivity contribution in [1.29, 1.82) is 0 Å². The van der Waals surface area contributed by atoms with Crippen LogP contribution in [0.15, 0.2) is 54.6 Å². The predicted molar refractivity (Wildman–Crippen MR) is 99.9 cm³/mol. The molecule has 0 spiro atoms. The van der Waals surface area contributed by atoms with E-state index in [9.17, 15) is 4.79 Å². The van der Waals surface area contributed by atoms with E-state index < -0.39 is 0 Å². The van der Waals surface area contributed by atoms with Crippen LogP contribution < -0.4 is 10.2 Å². The zero-order valence-corrected chi connectivity index (χ0v) is 15.0. The third-order valence-electron chi connectivity index (χ3n) is 4.56. The quantitative estimate of drug-likeness (QED) is 0.874. The van der Waals surface area contributed by atoms with Crippen molar-refractivity contribution < 1.29 is 14.4 Å². The molecule has 4 heteroatoms. The molecule has 2 aromatic carbocycles. The third-order valence-corrected chi connectivity index (χ3v) is 4.56. The Kier molecular flexibility index (Phi) is 5.84. The summed E-state index contributed by atoms with van der Waals surface area (Å²) in [5, 5.41) is 3.11. The van der Waals surface area contributed by atoms with Crippen molar-refractivity contribution in [3.05, 3.63) is 65.7 Å². The lowest BCUT2D eigenvalue weighted by Crippen LogP contribution is -3.16. The number of nitrogens with one attached hydrogen (secondary N) is 2. The van der Waals surface area contributed by atoms with Gasteiger partial charge >= 0.3 is 0 Å². The summed E-state index contributed by atoms with van der Waals surface area (Å²) in [6.07, 6.45) is 1.23. The van der Waals surface area contributed by atoms with E-state index in [-0.39, 0.29) is 18.1 Å². The summed E-state index contributed by atoms with van der Waals surface area (Å²) in [5.74, 6) is 0.0665. The zero-order valence-electron chi connectivity index (χ0n) is 15.0. The van der Waals surface area contributed by atoms with Crippen LogP contribution in [-0.2, 0) is 16.0 Å². The van der Waals surface area contributed by atoms with Gasteiger partial charge in [-0.3, -0.25) is 4.79 Å². The van der Waals surface area contributed by atoms with Gasteiger partial charge in [0.25, 0.3) is 5.91 Å². The van der Waals surface area contributed by atoms with Crippen molar-refractivity contribution in [2.75, 3.05) is 25.0 Å². The van der Waals surface area contributed by atoms with Crippen LogP contribution >= 0.6 is 0 Å². The molecule has 0 bridgehead atoms. The minimum Gasteiger partial charge on any atom is -0.364 e. The Balaban J connectivity index is 1.63. The molecule has 0 aliphatic carbocycles. The number of hydrogen-bond acceptors (Lipinski definition) is 2. The van der Waals surface area contributed by atoms with E-state index >= 15 is 0 Å². The number of anilines is 1. The topological polar surface area (TPSA) is 42.8 Å². The van der Waals surface area contributed by atoms with Gasteiger partial charge in [-0.05, 0) is 37.5 Å². The molecule has 132 valence electrons. The van der Waals surface area contributed by atoms with E-state index in [2.05, 4.69) is 37.4 Å². The summed E-state index contributed by atoms with van der Waals surface area (Å²) in [7, 11) is 0. The number of hydrogen-bond donors (Lipinski definition) is 2. The largest absolute Gasteiger partial charge is 0.364 e. The molecule has 1 aliphatic heterocycles. The normalized spacial score (nSPS) is 23.2. The van der Waals surface area contributed by atoms with Crippen molar-refractivity contribution in [2.45, 2.75) is 32.5 Å². The Morgan fingerprint density at radius 1 is 1.04 bits per heavy atom. The number of benzene rings is 2. The number of ether oxygens (including phenoxy) is 1. The molecule has 1 amide bonds. The maximum absolute atomic E-state index is 12.5. The molecule has 0 saturated carbocycles. The van der Waals surface area contributed by atoms with Crippen LogP contribution in [0.2, 0.25) is 0 Å². The summed E-state index contributed by atoms with van der Waals surface area (Å²) < 4.78 is 5.75. The maximum atomic E-state index is 12.5. The molecule has 1 saturated heterocycles. The van der Waals surface area contributed by atoms with Gasteiger partial charge in [-0.25, -0.2) is 0 Å². The molecule has 1 fully saturated rings. The Morgan fingerprint density at radius 3 is 2.40 bits per heavy atom. The summed E-state index contributed by atoms with van der Waals surface area (Å²) in [6.45, 7) is 6.38. The number of para-hydroxylation sites is 1. The van der Waals surface area contributed by atoms with Crippen LogP contribution in [0.3, 0.4) is 0 Å². The van der Waals surface area contributed by atoms with Crippen LogP contribution in [0.5, 0.6) is 0 Å². The van der Waals surface area contributed by atoms with Gasteiger partial charge in [0, 0.05) is 5.69 Å². The fraction of sp³-hybridized carbons (Fsp3) is 0.381. The minimum absolute atomic E-state index is 0.0665. The number of quaternary nitrogens is 1. The first-order valence-corrected chi connectivity index (χ1v) is 9.01. The van der Waals surface area contributed by atoms with E-state index in [0.717, 1.165) is 30.8 Å². The standard InChI is InChI=1S/C21H26N2O2/c1-16-13-23(14-17(2)25-16)15-21(24)22-20-11-7-6-10-19(20)12-18-8-4-3-5-9-18/h3-11,16-17H,12-15H2,1-2H3,(H,22,24)/p+1/t16-,17-/m0/s1. The van der Waals surface area contributed by atoms with Gasteiger partial charge < -0.3 is 15.0 Å². The second-order valence-corrected chi connectivity index (χ2v) is 6.96. The average Bonchev–Trinajstić information content (AvgIpc) is 2.56. The minimum atomic E-state index is 0.0665. The van der Waals surface area contributed by atoms with Gasteiger partial charge in [0.05, 0.1) is 0 Å². The lowest BCUT2D eigenvalue weighted by molar-refractivity contribution is -0.907. The highest BCUT2D eigenvalue weighted by Crippen LogP contribution is 2.18. The summed E-state index contributed by atoms with van der Waals surface area (Å²) in [6, 6.07) is 18.4. The van der Waals surface area contributed by atoms with Gasteiger partial charge in [0.2, 0.25) is 0 Å². The number of rotatable bonds is 5. The second kappa shape index (κ2) is 8.28. The fourth-order valence-electron chi connectivity index (χ4n) is 3.57. The van der Waals surface area contributed by atoms with Crippen LogP contribution in [0.25, 0.3) is 0 Å². The molecule has 0 aromatic heterocycles. The first-order chi connectivity index (χ1) is 12.1. The highest BCUT2D eigenvalue weighted by atomic mass is 16.5. The lowest BCUT2D eigenvalue weighted by atomic mass is 10.0. The van der Waals surface area contributed by atoms with Crippen molar-refractivity contribution in [3.63, 3.8) is 0 Å². The number of carbonyl (C=O) groups excluding carboxylic acids is 1. The molecular formula is C21H27N2O2+. The van der Waals surface area contributed by atoms with Crippen LogP contribution in [0.1, 0.15) is 25.0 Å². The van der Waals surface area contributed by atoms with Gasteiger partial charge in [-0.2, -0.15) is 0 Å². The molecule has 25 heavy (non-hydrogen) atoms. The SMILES string of the molecule is C[C@H]1C[NH+](CC(=O)Nc2ccccc2Cc2ccccc2)C[C@H](C)O1. The van der Waals surface area contributed by atoms with Crippen molar-refractivity contribution in [2.24, 2.45) is 0 Å². The molecule has 4 nitrogen and oxygen atoms in total. The maximum Gasteiger partial charge on any atom is 0.279 e. The van der Waals surface area contributed by atoms with E-state index in [1.165, 1.54) is 10.5 Å². The molecular weight excluding hydrogens is 312 g/mol. The van der Waals surface area contributed by atoms with E-state index in [0.29, 0.717) is 6.54 Å². The monoisotopic (exact) mass is 339 g/mol. The van der Waals surface area contributed by atoms with Crippen LogP contribution in [0.4, 0.5) is 5.69 Å². The first-order valence-electron chi connectivity index (χ1n) is 9.01. The Hall–Kier alpha value is -2.17. The average molecular weight is 339 g/mol. The Labute approximate surface area is 149 Å². The zero-order chi connectivity index (χ0) is 17.6. The van der Waals surface area contributed by atoms with Gasteiger partial charge in [0.15, 0.2) is 6.54 Å². The molecule has 1 aliphatic rings. The number of amides is 1. The summed E-state index contributed by atoms with van der Waals surface area (Å²) >= 11 is 0. The van der Waals surface area contributed by atoms with E-state index in [4.69, 9.17) is 4.74 Å². The highest BCUT2D eigenvalue weighted by molar-refractivity contribution is 5.92. The van der Waals surface area contributed by atoms with E-state index in [1.54, 1.807) is 0 Å². The molecule has 0 unspecified atom stereocenters. The second-order valence-electron chi connectivity index (χ2n) is 6.96. The van der Waals surface area contributed by atoms with E-state index in [1.807, 2.05) is 36.4 Å². The summed E-state index contributed by atoms with van der Waals surface area (Å²) in [5.41, 5.74) is 3.29.